The number of thiophene rings is 1. The Morgan fingerprint density at radius 3 is 1.25 bits per heavy atom. The summed E-state index contributed by atoms with van der Waals surface area (Å²) in [6, 6.07) is 81.4. The van der Waals surface area contributed by atoms with E-state index in [1.165, 1.54) is 75.8 Å². The first-order valence-corrected chi connectivity index (χ1v) is 19.9. The maximum Gasteiger partial charge on any atom is 0.0640 e. The van der Waals surface area contributed by atoms with Gasteiger partial charge in [-0.05, 0) is 80.9 Å². The first-order chi connectivity index (χ1) is 27.8. The third-order valence-electron chi connectivity index (χ3n) is 10.7. The van der Waals surface area contributed by atoms with Gasteiger partial charge in [0.2, 0.25) is 0 Å². The van der Waals surface area contributed by atoms with Gasteiger partial charge in [0.25, 0.3) is 0 Å². The second-order valence-corrected chi connectivity index (χ2v) is 15.1. The molecule has 0 radical (unpaired) electrons. The van der Waals surface area contributed by atoms with Crippen LogP contribution in [0.1, 0.15) is 0 Å². The van der Waals surface area contributed by atoms with Gasteiger partial charge >= 0.3 is 0 Å². The molecule has 1 nitrogen and oxygen atoms in total. The zero-order valence-electron chi connectivity index (χ0n) is 30.7. The van der Waals surface area contributed by atoms with Crippen molar-refractivity contribution in [2.45, 2.75) is 0 Å². The fourth-order valence-electron chi connectivity index (χ4n) is 7.93. The van der Waals surface area contributed by atoms with Crippen LogP contribution in [0.15, 0.2) is 224 Å². The van der Waals surface area contributed by atoms with Crippen molar-refractivity contribution in [3.8, 4) is 55.6 Å². The monoisotopic (exact) mass is 731 g/mol. The molecule has 0 aliphatic carbocycles. The predicted molar refractivity (Wildman–Crippen MR) is 241 cm³/mol. The lowest BCUT2D eigenvalue weighted by Crippen LogP contribution is -2.13. The van der Waals surface area contributed by atoms with E-state index in [-0.39, 0.29) is 0 Å². The highest BCUT2D eigenvalue weighted by Gasteiger charge is 2.25. The summed E-state index contributed by atoms with van der Waals surface area (Å²) in [6.07, 6.45) is 0. The van der Waals surface area contributed by atoms with Crippen LogP contribution >= 0.6 is 11.3 Å². The van der Waals surface area contributed by atoms with E-state index in [1.807, 2.05) is 11.3 Å². The molecule has 0 amide bonds. The Hall–Kier alpha value is -7.00. The summed E-state index contributed by atoms with van der Waals surface area (Å²) in [4.78, 5) is 2.51. The molecule has 0 saturated carbocycles. The molecule has 0 fully saturated rings. The van der Waals surface area contributed by atoms with Gasteiger partial charge in [0.1, 0.15) is 0 Å². The Morgan fingerprint density at radius 2 is 0.714 bits per heavy atom. The number of hydrogen-bond acceptors (Lipinski definition) is 2. The zero-order valence-corrected chi connectivity index (χ0v) is 31.5. The number of benzene rings is 9. The average Bonchev–Trinajstić information content (AvgIpc) is 3.67. The molecule has 0 saturated heterocycles. The van der Waals surface area contributed by atoms with Crippen molar-refractivity contribution in [1.82, 2.24) is 0 Å². The summed E-state index contributed by atoms with van der Waals surface area (Å²) in [5.41, 5.74) is 15.3. The average molecular weight is 732 g/mol. The van der Waals surface area contributed by atoms with Crippen molar-refractivity contribution in [3.05, 3.63) is 224 Å². The van der Waals surface area contributed by atoms with Crippen LogP contribution in [0.4, 0.5) is 17.1 Å². The minimum Gasteiger partial charge on any atom is -0.308 e. The summed E-state index contributed by atoms with van der Waals surface area (Å²) in [5, 5.41) is 2.56. The summed E-state index contributed by atoms with van der Waals surface area (Å²) >= 11 is 1.87. The van der Waals surface area contributed by atoms with Gasteiger partial charge in [-0.25, -0.2) is 0 Å². The fraction of sp³-hybridized carbons (Fsp3) is 0. The van der Waals surface area contributed by atoms with Crippen LogP contribution in [0.25, 0.3) is 75.8 Å². The molecular weight excluding hydrogens is 695 g/mol. The number of fused-ring (bicyclic) bond motifs is 3. The molecule has 0 unspecified atom stereocenters. The van der Waals surface area contributed by atoms with E-state index in [2.05, 4.69) is 229 Å². The quantitative estimate of drug-likeness (QED) is 0.150. The summed E-state index contributed by atoms with van der Waals surface area (Å²) < 4.78 is 2.55. The Labute approximate surface area is 332 Å². The molecule has 264 valence electrons. The van der Waals surface area contributed by atoms with Crippen molar-refractivity contribution in [3.63, 3.8) is 0 Å². The molecule has 1 heterocycles. The first-order valence-electron chi connectivity index (χ1n) is 19.1. The molecule has 9 aromatic carbocycles. The number of rotatable bonds is 8. The van der Waals surface area contributed by atoms with E-state index in [1.54, 1.807) is 0 Å². The van der Waals surface area contributed by atoms with Crippen molar-refractivity contribution in [2.75, 3.05) is 4.90 Å². The van der Waals surface area contributed by atoms with Gasteiger partial charge in [0.05, 0.1) is 16.1 Å². The van der Waals surface area contributed by atoms with Gasteiger partial charge < -0.3 is 4.90 Å². The Balaban J connectivity index is 1.23. The molecule has 0 aliphatic rings. The molecule has 2 heteroatoms. The maximum absolute atomic E-state index is 2.51. The predicted octanol–water partition coefficient (Wildman–Crippen LogP) is 15.9. The molecule has 0 spiro atoms. The highest BCUT2D eigenvalue weighted by molar-refractivity contribution is 7.26. The van der Waals surface area contributed by atoms with Gasteiger partial charge in [0, 0.05) is 32.3 Å². The topological polar surface area (TPSA) is 3.24 Å². The Bertz CT molecular complexity index is 2850. The molecular formula is C54H37NS. The van der Waals surface area contributed by atoms with Crippen LogP contribution in [-0.2, 0) is 0 Å². The molecule has 10 rings (SSSR count). The van der Waals surface area contributed by atoms with Crippen molar-refractivity contribution >= 4 is 48.6 Å². The largest absolute Gasteiger partial charge is 0.308 e. The second-order valence-electron chi connectivity index (χ2n) is 14.1. The second kappa shape index (κ2) is 14.7. The third kappa shape index (κ3) is 6.26. The third-order valence-corrected chi connectivity index (χ3v) is 11.9. The number of nitrogens with zero attached hydrogens (tertiary/aromatic N) is 1. The van der Waals surface area contributed by atoms with Crippen molar-refractivity contribution < 1.29 is 0 Å². The minimum absolute atomic E-state index is 1.10. The number of hydrogen-bond donors (Lipinski definition) is 0. The summed E-state index contributed by atoms with van der Waals surface area (Å²) in [5.74, 6) is 0. The summed E-state index contributed by atoms with van der Waals surface area (Å²) in [6.45, 7) is 0. The molecule has 56 heavy (non-hydrogen) atoms. The first kappa shape index (κ1) is 33.6. The van der Waals surface area contributed by atoms with E-state index in [0.29, 0.717) is 0 Å². The van der Waals surface area contributed by atoms with Crippen LogP contribution in [0.2, 0.25) is 0 Å². The lowest BCUT2D eigenvalue weighted by Gasteiger charge is -2.31. The molecule has 0 atom stereocenters. The highest BCUT2D eigenvalue weighted by atomic mass is 32.1. The van der Waals surface area contributed by atoms with Gasteiger partial charge in [-0.1, -0.05) is 188 Å². The highest BCUT2D eigenvalue weighted by Crippen LogP contribution is 2.51. The molecule has 1 aromatic heterocycles. The normalized spacial score (nSPS) is 11.2. The van der Waals surface area contributed by atoms with Gasteiger partial charge in [0.15, 0.2) is 0 Å². The molecule has 10 aromatic rings. The lowest BCUT2D eigenvalue weighted by molar-refractivity contribution is 1.30. The maximum atomic E-state index is 2.51. The fourth-order valence-corrected chi connectivity index (χ4v) is 9.14. The van der Waals surface area contributed by atoms with E-state index >= 15 is 0 Å². The van der Waals surface area contributed by atoms with Gasteiger partial charge in [-0.2, -0.15) is 0 Å². The van der Waals surface area contributed by atoms with Crippen LogP contribution < -0.4 is 4.90 Å². The van der Waals surface area contributed by atoms with E-state index in [4.69, 9.17) is 0 Å². The molecule has 0 bridgehead atoms. The Morgan fingerprint density at radius 1 is 0.304 bits per heavy atom. The molecule has 0 N–H and O–H groups in total. The van der Waals surface area contributed by atoms with Crippen LogP contribution in [0.3, 0.4) is 0 Å². The summed E-state index contributed by atoms with van der Waals surface area (Å²) in [7, 11) is 0. The van der Waals surface area contributed by atoms with Crippen molar-refractivity contribution in [1.29, 1.82) is 0 Å². The molecule has 0 aliphatic heterocycles. The Kier molecular flexibility index (Phi) is 8.79. The smallest absolute Gasteiger partial charge is 0.0640 e. The van der Waals surface area contributed by atoms with E-state index in [9.17, 15) is 0 Å². The SMILES string of the molecule is c1ccc(-c2ccc(-c3ccc(N(c4c(-c5ccccc5)cc(-c5ccccc5)cc4-c4ccccc4)c4cccc5c4sc4ccccc45)cc3)cc2)cc1. The van der Waals surface area contributed by atoms with Gasteiger partial charge in [-0.3, -0.25) is 0 Å². The van der Waals surface area contributed by atoms with Crippen LogP contribution in [0.5, 0.6) is 0 Å². The lowest BCUT2D eigenvalue weighted by atomic mass is 9.89. The van der Waals surface area contributed by atoms with E-state index < -0.39 is 0 Å². The minimum atomic E-state index is 1.10. The van der Waals surface area contributed by atoms with Gasteiger partial charge in [-0.15, -0.1) is 11.3 Å². The van der Waals surface area contributed by atoms with Crippen LogP contribution in [-0.4, -0.2) is 0 Å². The number of anilines is 3. The van der Waals surface area contributed by atoms with Crippen LogP contribution in [0, 0.1) is 0 Å². The zero-order chi connectivity index (χ0) is 37.3. The van der Waals surface area contributed by atoms with E-state index in [0.717, 1.165) is 17.1 Å². The standard InChI is InChI=1S/C54H37NS/c1-5-16-38(17-6-1)40-28-30-41(31-29-40)42-32-34-46(35-33-42)55(51-26-15-25-48-47-24-13-14-27-52(47)56-54(48)51)53-49(43-20-9-3-10-21-43)36-45(39-18-7-2-8-19-39)37-50(53)44-22-11-4-12-23-44/h1-37H. The van der Waals surface area contributed by atoms with Crippen molar-refractivity contribution in [2.24, 2.45) is 0 Å².